The zero-order valence-electron chi connectivity index (χ0n) is 16.4. The average Bonchev–Trinajstić information content (AvgIpc) is 3.18. The minimum absolute atomic E-state index is 0.168. The summed E-state index contributed by atoms with van der Waals surface area (Å²) >= 11 is 0. The largest absolute Gasteiger partial charge is 0.324 e. The summed E-state index contributed by atoms with van der Waals surface area (Å²) in [6.45, 7) is 5.50. The molecule has 2 heterocycles. The van der Waals surface area contributed by atoms with Crippen molar-refractivity contribution in [2.24, 2.45) is 10.3 Å². The molecule has 2 aromatic rings. The molecular formula is C21H21N5O3. The Labute approximate surface area is 168 Å². The van der Waals surface area contributed by atoms with Gasteiger partial charge in [-0.25, -0.2) is 4.90 Å². The molecule has 2 atom stereocenters. The molecule has 0 aliphatic carbocycles. The average molecular weight is 391 g/mol. The molecular weight excluding hydrogens is 370 g/mol. The summed E-state index contributed by atoms with van der Waals surface area (Å²) in [6.07, 6.45) is 0. The van der Waals surface area contributed by atoms with Gasteiger partial charge in [-0.2, -0.15) is 5.11 Å². The lowest BCUT2D eigenvalue weighted by Crippen LogP contribution is -2.43. The molecule has 2 aliphatic rings. The first-order valence-corrected chi connectivity index (χ1v) is 9.35. The highest BCUT2D eigenvalue weighted by atomic mass is 16.2. The summed E-state index contributed by atoms with van der Waals surface area (Å²) in [6, 6.07) is 11.1. The van der Waals surface area contributed by atoms with Crippen molar-refractivity contribution in [1.82, 2.24) is 5.01 Å². The van der Waals surface area contributed by atoms with E-state index in [1.165, 1.54) is 9.91 Å². The van der Waals surface area contributed by atoms with Crippen LogP contribution in [-0.2, 0) is 14.4 Å². The summed E-state index contributed by atoms with van der Waals surface area (Å²) in [5.74, 6) is -1.16. The smallest absolute Gasteiger partial charge is 0.263 e. The van der Waals surface area contributed by atoms with Crippen molar-refractivity contribution >= 4 is 29.1 Å². The molecule has 0 unspecified atom stereocenters. The highest BCUT2D eigenvalue weighted by molar-refractivity contribution is 6.26. The first kappa shape index (κ1) is 18.8. The van der Waals surface area contributed by atoms with Crippen LogP contribution in [0, 0.1) is 20.8 Å². The van der Waals surface area contributed by atoms with Gasteiger partial charge in [0.1, 0.15) is 6.54 Å². The second-order valence-corrected chi connectivity index (χ2v) is 7.36. The molecule has 1 saturated heterocycles. The Hall–Kier alpha value is -3.55. The maximum Gasteiger partial charge on any atom is 0.263 e. The Kier molecular flexibility index (Phi) is 4.62. The van der Waals surface area contributed by atoms with E-state index in [0.717, 1.165) is 16.7 Å². The summed E-state index contributed by atoms with van der Waals surface area (Å²) in [4.78, 5) is 39.6. The molecule has 0 aromatic heterocycles. The van der Waals surface area contributed by atoms with Gasteiger partial charge in [0.2, 0.25) is 5.91 Å². The third-order valence-corrected chi connectivity index (χ3v) is 5.16. The number of aryl methyl sites for hydroxylation is 3. The van der Waals surface area contributed by atoms with Gasteiger partial charge in [-0.15, -0.1) is 0 Å². The third kappa shape index (κ3) is 3.26. The molecule has 3 amide bonds. The van der Waals surface area contributed by atoms with Crippen LogP contribution in [0.4, 0.5) is 11.4 Å². The minimum Gasteiger partial charge on any atom is -0.324 e. The third-order valence-electron chi connectivity index (χ3n) is 5.16. The van der Waals surface area contributed by atoms with Gasteiger partial charge in [0.15, 0.2) is 12.1 Å². The van der Waals surface area contributed by atoms with Crippen LogP contribution in [0.3, 0.4) is 0 Å². The van der Waals surface area contributed by atoms with E-state index in [1.54, 1.807) is 12.1 Å². The van der Waals surface area contributed by atoms with Crippen LogP contribution >= 0.6 is 0 Å². The van der Waals surface area contributed by atoms with Crippen LogP contribution < -0.4 is 10.2 Å². The molecule has 2 aliphatic heterocycles. The van der Waals surface area contributed by atoms with E-state index in [9.17, 15) is 14.4 Å². The molecule has 0 spiro atoms. The number of amides is 3. The van der Waals surface area contributed by atoms with Gasteiger partial charge in [-0.1, -0.05) is 41.1 Å². The van der Waals surface area contributed by atoms with E-state index in [2.05, 4.69) is 15.7 Å². The summed E-state index contributed by atoms with van der Waals surface area (Å²) in [5, 5.41) is 12.0. The lowest BCUT2D eigenvalue weighted by molar-refractivity contribution is -0.123. The van der Waals surface area contributed by atoms with Crippen molar-refractivity contribution in [3.8, 4) is 0 Å². The van der Waals surface area contributed by atoms with Crippen LogP contribution in [0.1, 0.15) is 16.7 Å². The van der Waals surface area contributed by atoms with E-state index < -0.39 is 23.9 Å². The van der Waals surface area contributed by atoms with Crippen LogP contribution in [0.15, 0.2) is 52.8 Å². The summed E-state index contributed by atoms with van der Waals surface area (Å²) in [7, 11) is 0. The molecule has 1 N–H and O–H groups in total. The number of para-hydroxylation sites is 1. The number of carbonyl (C=O) groups is 3. The lowest BCUT2D eigenvalue weighted by Gasteiger charge is -2.22. The fourth-order valence-electron chi connectivity index (χ4n) is 3.72. The van der Waals surface area contributed by atoms with Crippen LogP contribution in [-0.4, -0.2) is 41.4 Å². The van der Waals surface area contributed by atoms with Gasteiger partial charge in [0.25, 0.3) is 11.8 Å². The Bertz CT molecular complexity index is 1010. The molecule has 0 saturated carbocycles. The fourth-order valence-corrected chi connectivity index (χ4v) is 3.72. The molecule has 2 aromatic carbocycles. The van der Waals surface area contributed by atoms with Crippen molar-refractivity contribution in [1.29, 1.82) is 0 Å². The van der Waals surface area contributed by atoms with E-state index in [1.807, 2.05) is 51.1 Å². The number of nitrogens with zero attached hydrogens (tertiary/aromatic N) is 4. The second kappa shape index (κ2) is 7.12. The zero-order valence-corrected chi connectivity index (χ0v) is 16.4. The van der Waals surface area contributed by atoms with E-state index in [0.29, 0.717) is 11.4 Å². The van der Waals surface area contributed by atoms with E-state index in [-0.39, 0.29) is 12.5 Å². The van der Waals surface area contributed by atoms with Gasteiger partial charge in [-0.3, -0.25) is 19.4 Å². The van der Waals surface area contributed by atoms with Crippen molar-refractivity contribution in [3.63, 3.8) is 0 Å². The summed E-state index contributed by atoms with van der Waals surface area (Å²) in [5.41, 5.74) is 3.97. The molecule has 1 fully saturated rings. The number of carbonyl (C=O) groups excluding carboxylic acids is 3. The fraction of sp³-hybridized carbons (Fsp3) is 0.286. The quantitative estimate of drug-likeness (QED) is 0.811. The SMILES string of the molecule is Cc1ccc(NC(=O)CN2N=N[C@@H]3C(=O)N(c4c(C)cccc4C)C(=O)[C@H]32)cc1. The van der Waals surface area contributed by atoms with Crippen molar-refractivity contribution in [3.05, 3.63) is 59.2 Å². The Morgan fingerprint density at radius 3 is 2.31 bits per heavy atom. The van der Waals surface area contributed by atoms with Crippen molar-refractivity contribution in [2.45, 2.75) is 32.9 Å². The van der Waals surface area contributed by atoms with Gasteiger partial charge < -0.3 is 5.32 Å². The maximum atomic E-state index is 13.1. The lowest BCUT2D eigenvalue weighted by atomic mass is 10.1. The van der Waals surface area contributed by atoms with Gasteiger partial charge in [0, 0.05) is 5.69 Å². The first-order chi connectivity index (χ1) is 13.9. The normalized spacial score (nSPS) is 20.4. The Balaban J connectivity index is 1.52. The second-order valence-electron chi connectivity index (χ2n) is 7.36. The number of anilines is 2. The zero-order chi connectivity index (χ0) is 20.7. The van der Waals surface area contributed by atoms with Crippen LogP contribution in [0.5, 0.6) is 0 Å². The number of hydrogen-bond acceptors (Lipinski definition) is 6. The number of imide groups is 1. The van der Waals surface area contributed by atoms with Gasteiger partial charge in [-0.05, 0) is 44.0 Å². The number of nitrogens with one attached hydrogen (secondary N) is 1. The van der Waals surface area contributed by atoms with E-state index >= 15 is 0 Å². The molecule has 0 bridgehead atoms. The van der Waals surface area contributed by atoms with Gasteiger partial charge >= 0.3 is 0 Å². The minimum atomic E-state index is -0.923. The highest BCUT2D eigenvalue weighted by Crippen LogP contribution is 2.35. The number of rotatable bonds is 4. The highest BCUT2D eigenvalue weighted by Gasteiger charge is 2.55. The number of hydrogen-bond donors (Lipinski definition) is 1. The van der Waals surface area contributed by atoms with Gasteiger partial charge in [0.05, 0.1) is 5.69 Å². The topological polar surface area (TPSA) is 94.4 Å². The first-order valence-electron chi connectivity index (χ1n) is 9.35. The Morgan fingerprint density at radius 2 is 1.66 bits per heavy atom. The van der Waals surface area contributed by atoms with E-state index in [4.69, 9.17) is 0 Å². The number of benzene rings is 2. The predicted octanol–water partition coefficient (Wildman–Crippen LogP) is 2.54. The molecule has 4 rings (SSSR count). The summed E-state index contributed by atoms with van der Waals surface area (Å²) < 4.78 is 0. The molecule has 8 heteroatoms. The number of fused-ring (bicyclic) bond motifs is 1. The van der Waals surface area contributed by atoms with Crippen LogP contribution in [0.25, 0.3) is 0 Å². The molecule has 148 valence electrons. The monoisotopic (exact) mass is 391 g/mol. The standard InChI is InChI=1S/C21H21N5O3/c1-12-7-9-15(10-8-12)22-16(27)11-25-19-17(23-24-25)20(28)26(21(19)29)18-13(2)5-4-6-14(18)3/h4-10,17,19H,11H2,1-3H3,(H,22,27)/t17-,19-/m0/s1. The molecule has 8 nitrogen and oxygen atoms in total. The van der Waals surface area contributed by atoms with Crippen LogP contribution in [0.2, 0.25) is 0 Å². The van der Waals surface area contributed by atoms with Crippen molar-refractivity contribution < 1.29 is 14.4 Å². The molecule has 0 radical (unpaired) electrons. The van der Waals surface area contributed by atoms with Crippen molar-refractivity contribution in [2.75, 3.05) is 16.8 Å². The predicted molar refractivity (Wildman–Crippen MR) is 107 cm³/mol. The maximum absolute atomic E-state index is 13.1. The Morgan fingerprint density at radius 1 is 1.00 bits per heavy atom. The molecule has 29 heavy (non-hydrogen) atoms.